The Morgan fingerprint density at radius 3 is 2.41 bits per heavy atom. The first-order valence-electron chi connectivity index (χ1n) is 13.8. The molecule has 1 aliphatic rings. The first-order chi connectivity index (χ1) is 21.0. The minimum Gasteiger partial charge on any atom is -0.481 e. The first kappa shape index (κ1) is 31.7. The molecule has 0 spiro atoms. The summed E-state index contributed by atoms with van der Waals surface area (Å²) in [4.78, 5) is 46.4. The zero-order valence-corrected chi connectivity index (χ0v) is 23.8. The number of nitriles is 1. The highest BCUT2D eigenvalue weighted by molar-refractivity contribution is 5.92. The summed E-state index contributed by atoms with van der Waals surface area (Å²) in [6.07, 6.45) is -3.52. The first-order valence-corrected chi connectivity index (χ1v) is 13.8. The molecule has 44 heavy (non-hydrogen) atoms. The molecule has 3 amide bonds. The molecule has 1 fully saturated rings. The maximum atomic E-state index is 13.9. The van der Waals surface area contributed by atoms with Crippen LogP contribution in [0.3, 0.4) is 0 Å². The Morgan fingerprint density at radius 1 is 1.07 bits per heavy atom. The predicted molar refractivity (Wildman–Crippen MR) is 155 cm³/mol. The second kappa shape index (κ2) is 13.9. The number of carbonyl (C=O) groups is 3. The van der Waals surface area contributed by atoms with Crippen LogP contribution in [0.15, 0.2) is 54.6 Å². The topological polar surface area (TPSA) is 152 Å². The highest BCUT2D eigenvalue weighted by Gasteiger charge is 2.38. The molecule has 14 heteroatoms. The van der Waals surface area contributed by atoms with E-state index < -0.39 is 30.0 Å². The molecule has 0 aliphatic carbocycles. The third-order valence-corrected chi connectivity index (χ3v) is 7.08. The monoisotopic (exact) mass is 609 g/mol. The van der Waals surface area contributed by atoms with Crippen LogP contribution in [0.4, 0.5) is 29.5 Å². The van der Waals surface area contributed by atoms with Crippen molar-refractivity contribution in [1.29, 1.82) is 5.26 Å². The number of carboxylic acids is 1. The number of carbonyl (C=O) groups excluding carboxylic acids is 2. The van der Waals surface area contributed by atoms with Gasteiger partial charge in [0.2, 0.25) is 11.7 Å². The Kier molecular flexibility index (Phi) is 9.99. The maximum absolute atomic E-state index is 13.9. The van der Waals surface area contributed by atoms with Crippen LogP contribution >= 0.6 is 0 Å². The van der Waals surface area contributed by atoms with E-state index in [0.29, 0.717) is 49.2 Å². The molecular formula is C30H30F3N7O4. The quantitative estimate of drug-likeness (QED) is 0.312. The Bertz CT molecular complexity index is 1540. The van der Waals surface area contributed by atoms with Crippen molar-refractivity contribution in [1.82, 2.24) is 20.6 Å². The largest absolute Gasteiger partial charge is 0.481 e. The molecule has 3 N–H and O–H groups in total. The van der Waals surface area contributed by atoms with Crippen LogP contribution in [0, 0.1) is 11.3 Å². The summed E-state index contributed by atoms with van der Waals surface area (Å²) in [5.74, 6) is -2.74. The van der Waals surface area contributed by atoms with Crippen LogP contribution in [0.2, 0.25) is 0 Å². The van der Waals surface area contributed by atoms with Crippen molar-refractivity contribution in [3.63, 3.8) is 0 Å². The van der Waals surface area contributed by atoms with Crippen molar-refractivity contribution in [2.24, 2.45) is 0 Å². The van der Waals surface area contributed by atoms with E-state index in [0.717, 1.165) is 5.56 Å². The molecule has 4 rings (SSSR count). The van der Waals surface area contributed by atoms with E-state index in [9.17, 15) is 27.6 Å². The van der Waals surface area contributed by atoms with E-state index in [4.69, 9.17) is 10.4 Å². The van der Waals surface area contributed by atoms with Crippen LogP contribution in [-0.4, -0.2) is 65.7 Å². The number of halogens is 3. The van der Waals surface area contributed by atoms with Gasteiger partial charge in [-0.3, -0.25) is 14.5 Å². The number of aromatic nitrogens is 2. The third-order valence-electron chi connectivity index (χ3n) is 7.08. The number of hydrogen-bond acceptors (Lipinski definition) is 7. The summed E-state index contributed by atoms with van der Waals surface area (Å²) in [5, 5.41) is 23.0. The van der Waals surface area contributed by atoms with E-state index in [-0.39, 0.29) is 30.4 Å². The van der Waals surface area contributed by atoms with Gasteiger partial charge in [-0.05, 0) is 49.1 Å². The summed E-state index contributed by atoms with van der Waals surface area (Å²) in [6.45, 7) is 0.589. The number of amides is 3. The Balaban J connectivity index is 1.50. The molecule has 3 aromatic rings. The molecular weight excluding hydrogens is 579 g/mol. The van der Waals surface area contributed by atoms with Gasteiger partial charge in [-0.2, -0.15) is 18.4 Å². The predicted octanol–water partition coefficient (Wildman–Crippen LogP) is 3.98. The zero-order chi connectivity index (χ0) is 31.9. The van der Waals surface area contributed by atoms with Gasteiger partial charge in [0, 0.05) is 44.0 Å². The molecule has 1 aliphatic heterocycles. The van der Waals surface area contributed by atoms with Gasteiger partial charge in [0.25, 0.3) is 0 Å². The lowest BCUT2D eigenvalue weighted by molar-refractivity contribution is -0.144. The molecule has 1 atom stereocenters. The summed E-state index contributed by atoms with van der Waals surface area (Å²) in [6, 6.07) is 15.3. The number of hydrogen-bond donors (Lipinski definition) is 3. The van der Waals surface area contributed by atoms with Crippen molar-refractivity contribution in [3.8, 4) is 17.3 Å². The Hall–Kier alpha value is -5.19. The highest BCUT2D eigenvalue weighted by Crippen LogP contribution is 2.33. The SMILES string of the molecule is CN(C(=O)NCCC(=O)O)c1ccc(-c2cc(N3CCCC3C(=O)NCCc3ccc(C#N)cc3)nc(C(F)(F)F)n2)cc1. The summed E-state index contributed by atoms with van der Waals surface area (Å²) in [7, 11) is 1.47. The number of nitrogens with zero attached hydrogens (tertiary/aromatic N) is 5. The second-order valence-corrected chi connectivity index (χ2v) is 10.1. The fraction of sp³-hybridized carbons (Fsp3) is 0.333. The molecule has 0 bridgehead atoms. The molecule has 0 radical (unpaired) electrons. The molecule has 230 valence electrons. The zero-order valence-electron chi connectivity index (χ0n) is 23.8. The van der Waals surface area contributed by atoms with Crippen molar-refractivity contribution in [3.05, 3.63) is 71.5 Å². The van der Waals surface area contributed by atoms with Crippen LogP contribution in [-0.2, 0) is 22.2 Å². The maximum Gasteiger partial charge on any atom is 0.451 e. The van der Waals surface area contributed by atoms with Crippen LogP contribution < -0.4 is 20.4 Å². The van der Waals surface area contributed by atoms with Gasteiger partial charge in [-0.25, -0.2) is 14.8 Å². The Labute approximate surface area is 251 Å². The number of aliphatic carboxylic acids is 1. The van der Waals surface area contributed by atoms with Crippen molar-refractivity contribution < 1.29 is 32.7 Å². The summed E-state index contributed by atoms with van der Waals surface area (Å²) in [5.41, 5.74) is 2.21. The van der Waals surface area contributed by atoms with Crippen LogP contribution in [0.5, 0.6) is 0 Å². The van der Waals surface area contributed by atoms with Crippen molar-refractivity contribution >= 4 is 29.4 Å². The minimum absolute atomic E-state index is 0.00527. The van der Waals surface area contributed by atoms with Gasteiger partial charge in [0.05, 0.1) is 23.7 Å². The number of carboxylic acid groups (broad SMARTS) is 1. The number of urea groups is 1. The van der Waals surface area contributed by atoms with Gasteiger partial charge in [-0.1, -0.05) is 24.3 Å². The number of benzene rings is 2. The molecule has 1 aromatic heterocycles. The lowest BCUT2D eigenvalue weighted by atomic mass is 10.1. The number of alkyl halides is 3. The van der Waals surface area contributed by atoms with Gasteiger partial charge in [0.15, 0.2) is 0 Å². The molecule has 2 heterocycles. The number of nitrogens with one attached hydrogen (secondary N) is 2. The van der Waals surface area contributed by atoms with E-state index in [1.54, 1.807) is 29.2 Å². The van der Waals surface area contributed by atoms with E-state index >= 15 is 0 Å². The Morgan fingerprint density at radius 2 is 1.77 bits per heavy atom. The lowest BCUT2D eigenvalue weighted by Crippen LogP contribution is -2.44. The molecule has 1 saturated heterocycles. The van der Waals surface area contributed by atoms with Crippen molar-refractivity contribution in [2.45, 2.75) is 37.9 Å². The van der Waals surface area contributed by atoms with Gasteiger partial charge in [0.1, 0.15) is 11.9 Å². The lowest BCUT2D eigenvalue weighted by Gasteiger charge is -2.26. The fourth-order valence-corrected chi connectivity index (χ4v) is 4.73. The smallest absolute Gasteiger partial charge is 0.451 e. The minimum atomic E-state index is -4.84. The van der Waals surface area contributed by atoms with E-state index in [1.807, 2.05) is 6.07 Å². The van der Waals surface area contributed by atoms with Gasteiger partial charge < -0.3 is 20.6 Å². The molecule has 0 saturated carbocycles. The number of rotatable bonds is 10. The van der Waals surface area contributed by atoms with Crippen LogP contribution in [0.1, 0.15) is 36.2 Å². The molecule has 1 unspecified atom stereocenters. The van der Waals surface area contributed by atoms with Crippen LogP contribution in [0.25, 0.3) is 11.3 Å². The molecule has 2 aromatic carbocycles. The third kappa shape index (κ3) is 8.00. The normalized spacial score (nSPS) is 14.5. The van der Waals surface area contributed by atoms with Gasteiger partial charge in [-0.15, -0.1) is 0 Å². The summed E-state index contributed by atoms with van der Waals surface area (Å²) >= 11 is 0. The van der Waals surface area contributed by atoms with E-state index in [1.165, 1.54) is 42.3 Å². The fourth-order valence-electron chi connectivity index (χ4n) is 4.73. The average molecular weight is 610 g/mol. The number of anilines is 2. The van der Waals surface area contributed by atoms with Gasteiger partial charge >= 0.3 is 18.2 Å². The second-order valence-electron chi connectivity index (χ2n) is 10.1. The van der Waals surface area contributed by atoms with Crippen molar-refractivity contribution in [2.75, 3.05) is 36.5 Å². The standard InChI is InChI=1S/C30H30F3N7O4/c1-39(29(44)36-15-13-26(41)42)22-10-8-21(9-11-22)23-17-25(38-28(37-23)30(31,32)33)40-16-2-3-24(40)27(43)35-14-12-19-4-6-20(18-34)7-5-19/h4-11,17,24H,2-3,12-16H2,1H3,(H,35,43)(H,36,44)(H,41,42). The highest BCUT2D eigenvalue weighted by atomic mass is 19.4. The molecule has 11 nitrogen and oxygen atoms in total. The summed E-state index contributed by atoms with van der Waals surface area (Å²) < 4.78 is 41.6. The van der Waals surface area contributed by atoms with E-state index in [2.05, 4.69) is 20.6 Å². The average Bonchev–Trinajstić information content (AvgIpc) is 3.51.